The third kappa shape index (κ3) is 28.1. The van der Waals surface area contributed by atoms with Crippen LogP contribution < -0.4 is 120 Å². The Kier molecular flexibility index (Phi) is 34.4. The molecule has 11 aromatic rings. The fraction of sp³-hybridized carbons (Fsp3) is 0.347. The quantitative estimate of drug-likeness (QED) is 0.0786. The number of nitrogens with one attached hydrogen (secondary N) is 11. The van der Waals surface area contributed by atoms with Crippen molar-refractivity contribution in [2.24, 2.45) is 0 Å². The Bertz CT molecular complexity index is 5030. The predicted octanol–water partition coefficient (Wildman–Crippen LogP) is 20.2. The van der Waals surface area contributed by atoms with Gasteiger partial charge in [-0.2, -0.15) is 0 Å². The number of fused-ring (bicyclic) bond motifs is 11. The molecule has 0 amide bonds. The van der Waals surface area contributed by atoms with E-state index in [1.165, 1.54) is 33.4 Å². The Balaban J connectivity index is 0.000000125. The first-order chi connectivity index (χ1) is 61.0. The van der Waals surface area contributed by atoms with E-state index < -0.39 is 0 Å². The van der Waals surface area contributed by atoms with Gasteiger partial charge in [-0.25, -0.2) is 0 Å². The number of rotatable bonds is 3. The molecule has 11 heterocycles. The maximum atomic E-state index is 5.76. The Morgan fingerprint density at radius 2 is 0.720 bits per heavy atom. The summed E-state index contributed by atoms with van der Waals surface area (Å²) < 4.78 is 70.8. The van der Waals surface area contributed by atoms with Gasteiger partial charge in [-0.1, -0.05) is 91.0 Å². The van der Waals surface area contributed by atoms with Crippen LogP contribution in [0.5, 0.6) is 74.7 Å². The lowest BCUT2D eigenvalue weighted by molar-refractivity contribution is 0.116. The standard InChI is InChI=1S/C10H13NO2.2C10H13NO.C9H11NO2.6C9H11NO.C8H9NO/c1-2-12-8-3-4-9-10(7-8)13-6-5-11-9;1-7-5-8(2)10-9(6-7)11-3-4-12-10;1-10(2)7-11-8-5-3-4-6-9(8)12-10;1-11-7-2-3-8-9(6-7)12-5-4-10-8;1-7-2-3-9-8(6-7)10-4-5-11-9;1-7-2-3-8-9(6-7)11-5-4-10-8;1-7-3-2-4-8-9(7)10-5-6-11-8;1-7-3-2-4-8-9(7)11-6-5-10-8;1-7-6-10-8-4-2-3-5-9(8)11-7;1-2-5-9-8(4-1)10-6-3-7-11-9;1-2-4-8-7(3-1)9-5-6-10-8/h3-4,7,11H,2,5-6H2,1H3;5-6,11H,3-4H2,1-2H3;3-6,11H,7H2,1-2H3;2-3,6,10H,4-5H2,1H3;2*2-3,6,10H,4-5H2,1H3;2*2-4,10H,5-6H2,1H3;2-5,7,10H,6H2,1H3;1-2,4-5,10H,3,6-7H2;1-4,9H,5-6H2. The van der Waals surface area contributed by atoms with Crippen molar-refractivity contribution in [3.05, 3.63) is 252 Å². The van der Waals surface area contributed by atoms with Crippen LogP contribution in [-0.2, 0) is 0 Å². The molecule has 0 aliphatic carbocycles. The molecule has 22 rings (SSSR count). The van der Waals surface area contributed by atoms with Crippen LogP contribution in [-0.4, -0.2) is 157 Å². The molecular formula is C101H125N11O13. The van der Waals surface area contributed by atoms with Gasteiger partial charge in [0.1, 0.15) is 139 Å². The fourth-order valence-electron chi connectivity index (χ4n) is 14.2. The van der Waals surface area contributed by atoms with E-state index in [0.29, 0.717) is 6.61 Å². The first kappa shape index (κ1) is 90.8. The summed E-state index contributed by atoms with van der Waals surface area (Å²) in [6.45, 7) is 38.3. The minimum Gasteiger partial charge on any atom is -0.497 e. The van der Waals surface area contributed by atoms with Crippen LogP contribution in [0, 0.1) is 41.5 Å². The summed E-state index contributed by atoms with van der Waals surface area (Å²) in [4.78, 5) is 0. The highest BCUT2D eigenvalue weighted by atomic mass is 16.5. The summed E-state index contributed by atoms with van der Waals surface area (Å²) in [7, 11) is 1.65. The Hall–Kier alpha value is -13.4. The van der Waals surface area contributed by atoms with Crippen molar-refractivity contribution in [2.45, 2.75) is 87.4 Å². The molecule has 24 heteroatoms. The number of hydrogen-bond donors (Lipinski definition) is 11. The summed E-state index contributed by atoms with van der Waals surface area (Å²) in [5.41, 5.74) is 19.5. The number of hydrogen-bond acceptors (Lipinski definition) is 24. The molecule has 11 aromatic carbocycles. The molecule has 11 aliphatic rings. The van der Waals surface area contributed by atoms with Crippen molar-refractivity contribution < 1.29 is 61.6 Å². The monoisotopic (exact) mass is 1700 g/mol. The van der Waals surface area contributed by atoms with E-state index in [2.05, 4.69) is 175 Å². The van der Waals surface area contributed by atoms with Crippen molar-refractivity contribution in [2.75, 3.05) is 204 Å². The van der Waals surface area contributed by atoms with Gasteiger partial charge in [0.15, 0.2) is 0 Å². The second-order valence-corrected chi connectivity index (χ2v) is 31.2. The molecular weight excluding hydrogens is 1580 g/mol. The molecule has 11 N–H and O–H groups in total. The number of benzene rings is 11. The van der Waals surface area contributed by atoms with Gasteiger partial charge in [0.2, 0.25) is 0 Å². The van der Waals surface area contributed by atoms with E-state index in [9.17, 15) is 0 Å². The number of methoxy groups -OCH3 is 1. The molecule has 0 saturated carbocycles. The molecule has 1 atom stereocenters. The van der Waals surface area contributed by atoms with E-state index in [-0.39, 0.29) is 11.7 Å². The molecule has 0 spiro atoms. The van der Waals surface area contributed by atoms with E-state index in [0.717, 1.165) is 275 Å². The van der Waals surface area contributed by atoms with Crippen LogP contribution in [0.15, 0.2) is 218 Å². The first-order valence-corrected chi connectivity index (χ1v) is 43.5. The number of ether oxygens (including phenoxy) is 13. The maximum Gasteiger partial charge on any atom is 0.146 e. The molecule has 0 aromatic heterocycles. The number of para-hydroxylation sites is 10. The maximum absolute atomic E-state index is 5.76. The summed E-state index contributed by atoms with van der Waals surface area (Å²) in [6.07, 6.45) is 1.36. The summed E-state index contributed by atoms with van der Waals surface area (Å²) in [5, 5.41) is 36.1. The zero-order chi connectivity index (χ0) is 87.4. The highest BCUT2D eigenvalue weighted by Gasteiger charge is 2.26. The minimum absolute atomic E-state index is 0.0889. The third-order valence-electron chi connectivity index (χ3n) is 20.4. The second-order valence-electron chi connectivity index (χ2n) is 31.2. The smallest absolute Gasteiger partial charge is 0.146 e. The zero-order valence-electron chi connectivity index (χ0n) is 74.2. The molecule has 0 fully saturated rings. The predicted molar refractivity (Wildman–Crippen MR) is 509 cm³/mol. The van der Waals surface area contributed by atoms with Crippen LogP contribution >= 0.6 is 0 Å². The van der Waals surface area contributed by atoms with Gasteiger partial charge in [0.05, 0.1) is 96.0 Å². The van der Waals surface area contributed by atoms with Crippen LogP contribution in [0.1, 0.15) is 67.5 Å². The van der Waals surface area contributed by atoms with Crippen molar-refractivity contribution in [1.82, 2.24) is 0 Å². The van der Waals surface area contributed by atoms with Gasteiger partial charge >= 0.3 is 0 Å². The molecule has 125 heavy (non-hydrogen) atoms. The van der Waals surface area contributed by atoms with Crippen molar-refractivity contribution in [1.29, 1.82) is 0 Å². The third-order valence-corrected chi connectivity index (χ3v) is 20.4. The lowest BCUT2D eigenvalue weighted by Gasteiger charge is -2.33. The van der Waals surface area contributed by atoms with Gasteiger partial charge in [-0.3, -0.25) is 0 Å². The summed E-state index contributed by atoms with van der Waals surface area (Å²) in [6, 6.07) is 72.6. The minimum atomic E-state index is -0.0889. The Morgan fingerprint density at radius 3 is 1.32 bits per heavy atom. The molecule has 11 aliphatic heterocycles. The topological polar surface area (TPSA) is 252 Å². The van der Waals surface area contributed by atoms with Crippen LogP contribution in [0.3, 0.4) is 0 Å². The largest absolute Gasteiger partial charge is 0.497 e. The van der Waals surface area contributed by atoms with Crippen LogP contribution in [0.2, 0.25) is 0 Å². The molecule has 0 radical (unpaired) electrons. The zero-order valence-corrected chi connectivity index (χ0v) is 74.2. The molecule has 24 nitrogen and oxygen atoms in total. The average molecular weight is 1700 g/mol. The summed E-state index contributed by atoms with van der Waals surface area (Å²) >= 11 is 0. The van der Waals surface area contributed by atoms with Crippen molar-refractivity contribution >= 4 is 62.6 Å². The van der Waals surface area contributed by atoms with Crippen LogP contribution in [0.25, 0.3) is 0 Å². The van der Waals surface area contributed by atoms with Gasteiger partial charge in [0.25, 0.3) is 0 Å². The summed E-state index contributed by atoms with van der Waals surface area (Å²) in [5.74, 6) is 12.3. The Labute approximate surface area is 737 Å². The van der Waals surface area contributed by atoms with E-state index >= 15 is 0 Å². The lowest BCUT2D eigenvalue weighted by Crippen LogP contribution is -2.39. The molecule has 1 unspecified atom stereocenters. The van der Waals surface area contributed by atoms with Crippen LogP contribution in [0.4, 0.5) is 62.6 Å². The van der Waals surface area contributed by atoms with E-state index in [1.807, 2.05) is 171 Å². The highest BCUT2D eigenvalue weighted by molar-refractivity contribution is 5.67. The fourth-order valence-corrected chi connectivity index (χ4v) is 14.2. The van der Waals surface area contributed by atoms with Gasteiger partial charge < -0.3 is 120 Å². The first-order valence-electron chi connectivity index (χ1n) is 43.5. The lowest BCUT2D eigenvalue weighted by atomic mass is 10.1. The molecule has 0 bridgehead atoms. The number of aryl methyl sites for hydroxylation is 6. The van der Waals surface area contributed by atoms with Crippen molar-refractivity contribution in [3.63, 3.8) is 0 Å². The second kappa shape index (κ2) is 47.3. The molecule has 662 valence electrons. The average Bonchev–Trinajstić information content (AvgIpc) is 0.856. The van der Waals surface area contributed by atoms with Crippen molar-refractivity contribution in [3.8, 4) is 74.7 Å². The van der Waals surface area contributed by atoms with E-state index in [4.69, 9.17) is 61.6 Å². The SMILES string of the molecule is CC1(C)CNc2ccccc2O1.CC1CNc2ccccc2O1.CCOc1ccc2c(c1)OCCN2.COc1ccc2c(c1)OCCN2.Cc1cc(C)c2c(c1)NCCO2.Cc1ccc2c(c1)NCCO2.Cc1ccc2c(c1)OCCN2.Cc1cccc2c1NCCO2.Cc1cccc2c1OCCN2.c1ccc2c(c1)NCCCO2.c1ccc2c(c1)NCCO2. The van der Waals surface area contributed by atoms with Gasteiger partial charge in [-0.15, -0.1) is 0 Å². The molecule has 0 saturated heterocycles. The number of anilines is 11. The Morgan fingerprint density at radius 1 is 0.312 bits per heavy atom. The van der Waals surface area contributed by atoms with Gasteiger partial charge in [0, 0.05) is 71.0 Å². The normalized spacial score (nSPS) is 15.6. The van der Waals surface area contributed by atoms with Gasteiger partial charge in [-0.05, 0) is 224 Å². The van der Waals surface area contributed by atoms with E-state index in [1.54, 1.807) is 7.11 Å². The highest BCUT2D eigenvalue weighted by Crippen LogP contribution is 2.38.